The summed E-state index contributed by atoms with van der Waals surface area (Å²) >= 11 is 1.55. The van der Waals surface area contributed by atoms with Gasteiger partial charge < -0.3 is 4.90 Å². The van der Waals surface area contributed by atoms with Gasteiger partial charge in [-0.05, 0) is 25.0 Å². The molecule has 6 heteroatoms. The number of hydrogen-bond acceptors (Lipinski definition) is 3. The number of anilines is 1. The molecule has 0 N–H and O–H groups in total. The van der Waals surface area contributed by atoms with Gasteiger partial charge in [0.1, 0.15) is 0 Å². The summed E-state index contributed by atoms with van der Waals surface area (Å²) in [4.78, 5) is 6.45. The highest BCUT2D eigenvalue weighted by Gasteiger charge is 2.41. The molecule has 3 rings (SSSR count). The van der Waals surface area contributed by atoms with Gasteiger partial charge in [0, 0.05) is 13.1 Å². The Morgan fingerprint density at radius 1 is 1.16 bits per heavy atom. The number of rotatable bonds is 1. The normalized spacial score (nSPS) is 18.2. The number of alkyl halides is 3. The van der Waals surface area contributed by atoms with Gasteiger partial charge in [0.2, 0.25) is 0 Å². The van der Waals surface area contributed by atoms with E-state index in [1.54, 1.807) is 11.3 Å². The summed E-state index contributed by atoms with van der Waals surface area (Å²) in [6, 6.07) is 7.78. The number of benzene rings is 1. The summed E-state index contributed by atoms with van der Waals surface area (Å²) in [5.74, 6) is -1.15. The van der Waals surface area contributed by atoms with Crippen LogP contribution in [0, 0.1) is 5.92 Å². The quantitative estimate of drug-likeness (QED) is 0.785. The number of para-hydroxylation sites is 1. The van der Waals surface area contributed by atoms with E-state index in [-0.39, 0.29) is 12.8 Å². The molecule has 1 saturated heterocycles. The lowest BCUT2D eigenvalue weighted by atomic mass is 9.97. The molecule has 1 aliphatic heterocycles. The Morgan fingerprint density at radius 2 is 1.84 bits per heavy atom. The molecular weight excluding hydrogens is 273 g/mol. The van der Waals surface area contributed by atoms with Gasteiger partial charge in [0.15, 0.2) is 5.13 Å². The second kappa shape index (κ2) is 4.67. The Hall–Kier alpha value is -1.30. The van der Waals surface area contributed by atoms with Crippen LogP contribution in [0.25, 0.3) is 10.2 Å². The summed E-state index contributed by atoms with van der Waals surface area (Å²) in [5, 5.41) is 0.835. The van der Waals surface area contributed by atoms with Crippen molar-refractivity contribution in [3.63, 3.8) is 0 Å². The van der Waals surface area contributed by atoms with Crippen LogP contribution in [0.5, 0.6) is 0 Å². The zero-order valence-electron chi connectivity index (χ0n) is 10.2. The molecule has 0 atom stereocenters. The van der Waals surface area contributed by atoms with Crippen molar-refractivity contribution in [3.8, 4) is 0 Å². The predicted octanol–water partition coefficient (Wildman–Crippen LogP) is 4.08. The van der Waals surface area contributed by atoms with Gasteiger partial charge >= 0.3 is 6.18 Å². The first-order valence-corrected chi connectivity index (χ1v) is 7.03. The molecule has 2 heterocycles. The van der Waals surface area contributed by atoms with Crippen molar-refractivity contribution in [1.82, 2.24) is 4.98 Å². The number of aromatic nitrogens is 1. The summed E-state index contributed by atoms with van der Waals surface area (Å²) in [6.07, 6.45) is -3.72. The lowest BCUT2D eigenvalue weighted by Crippen LogP contribution is -2.38. The Bertz CT molecular complexity index is 538. The Balaban J connectivity index is 1.74. The number of hydrogen-bond donors (Lipinski definition) is 0. The number of halogens is 3. The van der Waals surface area contributed by atoms with Crippen LogP contribution in [0.1, 0.15) is 12.8 Å². The molecule has 102 valence electrons. The van der Waals surface area contributed by atoms with Crippen molar-refractivity contribution in [1.29, 1.82) is 0 Å². The smallest absolute Gasteiger partial charge is 0.348 e. The minimum absolute atomic E-state index is 0.166. The molecular formula is C13H13F3N2S. The molecule has 1 fully saturated rings. The van der Waals surface area contributed by atoms with E-state index in [0.29, 0.717) is 13.1 Å². The van der Waals surface area contributed by atoms with Crippen LogP contribution in [-0.2, 0) is 0 Å². The third kappa shape index (κ3) is 2.54. The average molecular weight is 286 g/mol. The van der Waals surface area contributed by atoms with E-state index >= 15 is 0 Å². The standard InChI is InChI=1S/C13H13F3N2S/c14-13(15,16)9-5-7-18(8-6-9)12-17-10-3-1-2-4-11(10)19-12/h1-4,9H,5-8H2. The molecule has 2 aromatic rings. The van der Waals surface area contributed by atoms with Gasteiger partial charge in [0.25, 0.3) is 0 Å². The zero-order chi connectivity index (χ0) is 13.5. The second-order valence-electron chi connectivity index (χ2n) is 4.77. The van der Waals surface area contributed by atoms with Crippen LogP contribution in [0.2, 0.25) is 0 Å². The number of piperidine rings is 1. The number of nitrogens with zero attached hydrogens (tertiary/aromatic N) is 2. The molecule has 0 saturated carbocycles. The molecule has 0 amide bonds. The summed E-state index contributed by atoms with van der Waals surface area (Å²) in [6.45, 7) is 0.869. The SMILES string of the molecule is FC(F)(F)C1CCN(c2nc3ccccc3s2)CC1. The van der Waals surface area contributed by atoms with E-state index in [4.69, 9.17) is 0 Å². The topological polar surface area (TPSA) is 16.1 Å². The molecule has 1 aliphatic rings. The van der Waals surface area contributed by atoms with Crippen molar-refractivity contribution < 1.29 is 13.2 Å². The minimum Gasteiger partial charge on any atom is -0.348 e. The highest BCUT2D eigenvalue weighted by molar-refractivity contribution is 7.22. The summed E-state index contributed by atoms with van der Waals surface area (Å²) in [5.41, 5.74) is 0.917. The molecule has 2 nitrogen and oxygen atoms in total. The van der Waals surface area contributed by atoms with Gasteiger partial charge in [-0.1, -0.05) is 23.5 Å². The fourth-order valence-corrected chi connectivity index (χ4v) is 3.41. The maximum Gasteiger partial charge on any atom is 0.391 e. The summed E-state index contributed by atoms with van der Waals surface area (Å²) in [7, 11) is 0. The monoisotopic (exact) mass is 286 g/mol. The lowest BCUT2D eigenvalue weighted by Gasteiger charge is -2.32. The Morgan fingerprint density at radius 3 is 2.47 bits per heavy atom. The third-order valence-corrected chi connectivity index (χ3v) is 4.61. The lowest BCUT2D eigenvalue weighted by molar-refractivity contribution is -0.179. The maximum atomic E-state index is 12.6. The summed E-state index contributed by atoms with van der Waals surface area (Å²) < 4.78 is 38.9. The van der Waals surface area contributed by atoms with Crippen LogP contribution < -0.4 is 4.90 Å². The fraction of sp³-hybridized carbons (Fsp3) is 0.462. The van der Waals surface area contributed by atoms with Gasteiger partial charge in [-0.15, -0.1) is 0 Å². The Kier molecular flexibility index (Phi) is 3.12. The molecule has 19 heavy (non-hydrogen) atoms. The number of fused-ring (bicyclic) bond motifs is 1. The molecule has 0 radical (unpaired) electrons. The fourth-order valence-electron chi connectivity index (χ4n) is 2.39. The van der Waals surface area contributed by atoms with Crippen molar-refractivity contribution in [2.75, 3.05) is 18.0 Å². The Labute approximate surface area is 112 Å². The van der Waals surface area contributed by atoms with E-state index in [1.165, 1.54) is 0 Å². The molecule has 0 spiro atoms. The van der Waals surface area contributed by atoms with Crippen LogP contribution in [0.3, 0.4) is 0 Å². The van der Waals surface area contributed by atoms with Gasteiger partial charge in [-0.25, -0.2) is 4.98 Å². The second-order valence-corrected chi connectivity index (χ2v) is 5.78. The minimum atomic E-state index is -4.06. The molecule has 0 bridgehead atoms. The highest BCUT2D eigenvalue weighted by Crippen LogP contribution is 2.37. The van der Waals surface area contributed by atoms with Crippen LogP contribution >= 0.6 is 11.3 Å². The van der Waals surface area contributed by atoms with E-state index in [0.717, 1.165) is 15.3 Å². The van der Waals surface area contributed by atoms with E-state index in [9.17, 15) is 13.2 Å². The molecule has 1 aromatic heterocycles. The first kappa shape index (κ1) is 12.7. The van der Waals surface area contributed by atoms with Crippen LogP contribution in [0.4, 0.5) is 18.3 Å². The molecule has 0 unspecified atom stereocenters. The van der Waals surface area contributed by atoms with E-state index in [2.05, 4.69) is 4.98 Å². The predicted molar refractivity (Wildman–Crippen MR) is 70.6 cm³/mol. The largest absolute Gasteiger partial charge is 0.391 e. The average Bonchev–Trinajstić information content (AvgIpc) is 2.81. The number of thiazole rings is 1. The van der Waals surface area contributed by atoms with Crippen molar-refractivity contribution in [2.45, 2.75) is 19.0 Å². The molecule has 0 aliphatic carbocycles. The van der Waals surface area contributed by atoms with Crippen molar-refractivity contribution in [3.05, 3.63) is 24.3 Å². The first-order chi connectivity index (χ1) is 9.04. The zero-order valence-corrected chi connectivity index (χ0v) is 11.0. The van der Waals surface area contributed by atoms with Crippen molar-refractivity contribution >= 4 is 26.7 Å². The van der Waals surface area contributed by atoms with Gasteiger partial charge in [-0.2, -0.15) is 13.2 Å². The van der Waals surface area contributed by atoms with Gasteiger partial charge in [-0.3, -0.25) is 0 Å². The first-order valence-electron chi connectivity index (χ1n) is 6.21. The van der Waals surface area contributed by atoms with Crippen LogP contribution in [-0.4, -0.2) is 24.2 Å². The van der Waals surface area contributed by atoms with Crippen molar-refractivity contribution in [2.24, 2.45) is 5.92 Å². The highest BCUT2D eigenvalue weighted by atomic mass is 32.1. The van der Waals surface area contributed by atoms with Gasteiger partial charge in [0.05, 0.1) is 16.1 Å². The van der Waals surface area contributed by atoms with E-state index in [1.807, 2.05) is 29.2 Å². The van der Waals surface area contributed by atoms with Crippen LogP contribution in [0.15, 0.2) is 24.3 Å². The molecule has 1 aromatic carbocycles. The third-order valence-electron chi connectivity index (χ3n) is 3.51. The maximum absolute atomic E-state index is 12.6. The van der Waals surface area contributed by atoms with E-state index < -0.39 is 12.1 Å².